The van der Waals surface area contributed by atoms with E-state index < -0.39 is 0 Å². The highest BCUT2D eigenvalue weighted by atomic mass is 19.1. The second-order valence-electron chi connectivity index (χ2n) is 9.61. The van der Waals surface area contributed by atoms with Gasteiger partial charge in [-0.1, -0.05) is 24.3 Å². The SMILES string of the molecule is Cc1cc(N(C)Cc2ccc(-c3ccncc3F)cc2)n2nc(C)c(-c3cnc(N(C)C)cc3C)c2n1. The van der Waals surface area contributed by atoms with Gasteiger partial charge in [0.1, 0.15) is 17.5 Å². The van der Waals surface area contributed by atoms with Crippen LogP contribution >= 0.6 is 0 Å². The number of anilines is 2. The Labute approximate surface area is 216 Å². The Bertz CT molecular complexity index is 1590. The summed E-state index contributed by atoms with van der Waals surface area (Å²) >= 11 is 0. The molecule has 188 valence electrons. The zero-order valence-electron chi connectivity index (χ0n) is 22.0. The van der Waals surface area contributed by atoms with E-state index >= 15 is 0 Å². The minimum atomic E-state index is -0.325. The predicted octanol–water partition coefficient (Wildman–Crippen LogP) is 5.62. The van der Waals surface area contributed by atoms with Crippen LogP contribution < -0.4 is 9.80 Å². The Balaban J connectivity index is 1.49. The lowest BCUT2D eigenvalue weighted by atomic mass is 10.0. The Morgan fingerprint density at radius 1 is 0.919 bits per heavy atom. The van der Waals surface area contributed by atoms with Gasteiger partial charge in [0.25, 0.3) is 0 Å². The quantitative estimate of drug-likeness (QED) is 0.305. The van der Waals surface area contributed by atoms with Gasteiger partial charge in [0.15, 0.2) is 5.65 Å². The number of pyridine rings is 2. The van der Waals surface area contributed by atoms with Crippen LogP contribution in [0, 0.1) is 26.6 Å². The molecule has 0 amide bonds. The number of benzene rings is 1. The van der Waals surface area contributed by atoms with Crippen LogP contribution in [0.25, 0.3) is 27.9 Å². The summed E-state index contributed by atoms with van der Waals surface area (Å²) in [6.07, 6.45) is 4.75. The molecule has 0 saturated heterocycles. The molecule has 0 unspecified atom stereocenters. The molecule has 0 fully saturated rings. The summed E-state index contributed by atoms with van der Waals surface area (Å²) in [7, 11) is 6.01. The van der Waals surface area contributed by atoms with Crippen molar-refractivity contribution in [2.45, 2.75) is 27.3 Å². The highest BCUT2D eigenvalue weighted by Crippen LogP contribution is 2.33. The lowest BCUT2D eigenvalue weighted by Gasteiger charge is -2.21. The van der Waals surface area contributed by atoms with E-state index in [1.54, 1.807) is 12.3 Å². The summed E-state index contributed by atoms with van der Waals surface area (Å²) < 4.78 is 16.1. The van der Waals surface area contributed by atoms with Gasteiger partial charge in [-0.15, -0.1) is 0 Å². The number of halogens is 1. The number of nitrogens with zero attached hydrogens (tertiary/aromatic N) is 7. The number of fused-ring (bicyclic) bond motifs is 1. The largest absolute Gasteiger partial charge is 0.363 e. The molecule has 5 rings (SSSR count). The van der Waals surface area contributed by atoms with E-state index in [2.05, 4.69) is 27.9 Å². The summed E-state index contributed by atoms with van der Waals surface area (Å²) in [5, 5.41) is 4.88. The van der Waals surface area contributed by atoms with Crippen molar-refractivity contribution < 1.29 is 4.39 Å². The second-order valence-corrected chi connectivity index (χ2v) is 9.61. The molecule has 0 radical (unpaired) electrons. The molecule has 8 heteroatoms. The number of hydrogen-bond donors (Lipinski definition) is 0. The molecule has 1 aromatic carbocycles. The molecule has 0 aliphatic rings. The molecule has 0 bridgehead atoms. The Hall–Kier alpha value is -4.33. The molecular formula is C29H30FN7. The van der Waals surface area contributed by atoms with E-state index in [1.165, 1.54) is 6.20 Å². The van der Waals surface area contributed by atoms with E-state index in [0.717, 1.165) is 56.5 Å². The minimum absolute atomic E-state index is 0.325. The average Bonchev–Trinajstić information content (AvgIpc) is 3.19. The van der Waals surface area contributed by atoms with Gasteiger partial charge in [-0.05, 0) is 49.6 Å². The molecule has 37 heavy (non-hydrogen) atoms. The smallest absolute Gasteiger partial charge is 0.165 e. The number of aromatic nitrogens is 5. The molecule has 5 aromatic rings. The van der Waals surface area contributed by atoms with Gasteiger partial charge in [-0.25, -0.2) is 14.4 Å². The van der Waals surface area contributed by atoms with Crippen LogP contribution in [-0.4, -0.2) is 45.7 Å². The van der Waals surface area contributed by atoms with Crippen molar-refractivity contribution >= 4 is 17.3 Å². The van der Waals surface area contributed by atoms with Gasteiger partial charge in [0.2, 0.25) is 0 Å². The first-order valence-electron chi connectivity index (χ1n) is 12.1. The van der Waals surface area contributed by atoms with E-state index in [4.69, 9.17) is 10.1 Å². The highest BCUT2D eigenvalue weighted by molar-refractivity contribution is 5.83. The molecule has 0 N–H and O–H groups in total. The van der Waals surface area contributed by atoms with E-state index in [9.17, 15) is 4.39 Å². The summed E-state index contributed by atoms with van der Waals surface area (Å²) in [5.41, 5.74) is 8.25. The van der Waals surface area contributed by atoms with Crippen molar-refractivity contribution in [1.29, 1.82) is 0 Å². The van der Waals surface area contributed by atoms with E-state index in [-0.39, 0.29) is 5.82 Å². The van der Waals surface area contributed by atoms with Crippen molar-refractivity contribution in [3.05, 3.63) is 89.4 Å². The van der Waals surface area contributed by atoms with Crippen LogP contribution in [0.5, 0.6) is 0 Å². The third-order valence-electron chi connectivity index (χ3n) is 6.55. The van der Waals surface area contributed by atoms with Crippen molar-refractivity contribution in [1.82, 2.24) is 24.6 Å². The molecule has 4 aromatic heterocycles. The summed E-state index contributed by atoms with van der Waals surface area (Å²) in [5.74, 6) is 1.53. The maximum atomic E-state index is 14.1. The molecule has 0 spiro atoms. The van der Waals surface area contributed by atoms with Crippen LogP contribution in [-0.2, 0) is 6.54 Å². The first kappa shape index (κ1) is 24.4. The second kappa shape index (κ2) is 9.61. The Morgan fingerprint density at radius 3 is 2.35 bits per heavy atom. The lowest BCUT2D eigenvalue weighted by molar-refractivity contribution is 0.625. The molecule has 0 aliphatic carbocycles. The first-order valence-corrected chi connectivity index (χ1v) is 12.1. The molecule has 0 atom stereocenters. The van der Waals surface area contributed by atoms with Crippen LogP contribution in [0.4, 0.5) is 16.0 Å². The van der Waals surface area contributed by atoms with Crippen molar-refractivity contribution in [2.75, 3.05) is 30.9 Å². The van der Waals surface area contributed by atoms with Gasteiger partial charge in [0.05, 0.1) is 17.5 Å². The van der Waals surface area contributed by atoms with Crippen molar-refractivity contribution in [3.63, 3.8) is 0 Å². The predicted molar refractivity (Wildman–Crippen MR) is 146 cm³/mol. The fourth-order valence-corrected chi connectivity index (χ4v) is 4.61. The monoisotopic (exact) mass is 495 g/mol. The maximum absolute atomic E-state index is 14.1. The van der Waals surface area contributed by atoms with Crippen molar-refractivity contribution in [3.8, 4) is 22.3 Å². The summed E-state index contributed by atoms with van der Waals surface area (Å²) in [6, 6.07) is 13.8. The van der Waals surface area contributed by atoms with Gasteiger partial charge in [0, 0.05) is 63.0 Å². The van der Waals surface area contributed by atoms with Gasteiger partial charge in [-0.3, -0.25) is 4.98 Å². The molecule has 0 aliphatic heterocycles. The third kappa shape index (κ3) is 4.62. The molecule has 4 heterocycles. The summed E-state index contributed by atoms with van der Waals surface area (Å²) in [4.78, 5) is 17.5. The fraction of sp³-hybridized carbons (Fsp3) is 0.241. The average molecular weight is 496 g/mol. The van der Waals surface area contributed by atoms with Crippen LogP contribution in [0.3, 0.4) is 0 Å². The lowest BCUT2D eigenvalue weighted by Crippen LogP contribution is -2.20. The number of aryl methyl sites for hydroxylation is 3. The maximum Gasteiger partial charge on any atom is 0.165 e. The van der Waals surface area contributed by atoms with Crippen molar-refractivity contribution in [2.24, 2.45) is 0 Å². The topological polar surface area (TPSA) is 62.5 Å². The fourth-order valence-electron chi connectivity index (χ4n) is 4.61. The summed E-state index contributed by atoms with van der Waals surface area (Å²) in [6.45, 7) is 6.77. The van der Waals surface area contributed by atoms with Gasteiger partial charge in [-0.2, -0.15) is 9.61 Å². The molecular weight excluding hydrogens is 465 g/mol. The number of hydrogen-bond acceptors (Lipinski definition) is 6. The Kier molecular flexibility index (Phi) is 6.33. The third-order valence-corrected chi connectivity index (χ3v) is 6.55. The number of rotatable bonds is 6. The zero-order valence-corrected chi connectivity index (χ0v) is 22.0. The normalized spacial score (nSPS) is 11.2. The molecule has 7 nitrogen and oxygen atoms in total. The first-order chi connectivity index (χ1) is 17.7. The molecule has 0 saturated carbocycles. The van der Waals surface area contributed by atoms with Gasteiger partial charge < -0.3 is 9.80 Å². The Morgan fingerprint density at radius 2 is 1.68 bits per heavy atom. The minimum Gasteiger partial charge on any atom is -0.363 e. The standard InChI is InChI=1S/C29H30FN7/c1-18-13-26(35(4)5)32-15-24(18)28-20(3)34-37-27(14-19(2)33-29(28)37)36(6)17-21-7-9-22(10-8-21)23-11-12-31-16-25(23)30/h7-16H,17H2,1-6H3. The van der Waals surface area contributed by atoms with E-state index in [0.29, 0.717) is 12.1 Å². The van der Waals surface area contributed by atoms with Gasteiger partial charge >= 0.3 is 0 Å². The van der Waals surface area contributed by atoms with E-state index in [1.807, 2.05) is 80.9 Å². The van der Waals surface area contributed by atoms with Crippen LogP contribution in [0.2, 0.25) is 0 Å². The van der Waals surface area contributed by atoms with Crippen LogP contribution in [0.15, 0.2) is 61.1 Å². The van der Waals surface area contributed by atoms with Crippen LogP contribution in [0.1, 0.15) is 22.5 Å². The zero-order chi connectivity index (χ0) is 26.3. The highest BCUT2D eigenvalue weighted by Gasteiger charge is 2.20.